The first-order valence-corrected chi connectivity index (χ1v) is 14.0. The minimum absolute atomic E-state index is 1.16. The van der Waals surface area contributed by atoms with Crippen molar-refractivity contribution in [1.29, 1.82) is 0 Å². The molecule has 0 atom stereocenters. The second-order valence-electron chi connectivity index (χ2n) is 8.52. The van der Waals surface area contributed by atoms with E-state index in [0.717, 1.165) is 12.8 Å². The van der Waals surface area contributed by atoms with Crippen molar-refractivity contribution in [2.75, 3.05) is 0 Å². The van der Waals surface area contributed by atoms with Crippen molar-refractivity contribution in [3.05, 3.63) is 95.1 Å². The second kappa shape index (κ2) is 9.38. The van der Waals surface area contributed by atoms with Crippen molar-refractivity contribution < 1.29 is 0 Å². The maximum atomic E-state index is 2.54. The number of benzene rings is 2. The van der Waals surface area contributed by atoms with E-state index < -0.39 is 8.07 Å². The van der Waals surface area contributed by atoms with Gasteiger partial charge in [0.25, 0.3) is 0 Å². The predicted octanol–water partition coefficient (Wildman–Crippen LogP) is 8.31. The molecule has 1 aliphatic rings. The summed E-state index contributed by atoms with van der Waals surface area (Å²) in [5.74, 6) is 0. The number of hydrogen-bond acceptors (Lipinski definition) is 0. The van der Waals surface area contributed by atoms with E-state index >= 15 is 0 Å². The molecule has 0 spiro atoms. The summed E-state index contributed by atoms with van der Waals surface area (Å²) in [7, 11) is -1.49. The first-order chi connectivity index (χ1) is 13.6. The van der Waals surface area contributed by atoms with Crippen LogP contribution in [0.4, 0.5) is 0 Å². The van der Waals surface area contributed by atoms with Crippen LogP contribution in [-0.2, 0) is 0 Å². The fraction of sp³-hybridized carbons (Fsp3) is 0.333. The smallest absolute Gasteiger partial charge is 0.0807 e. The van der Waals surface area contributed by atoms with Crippen LogP contribution in [0.5, 0.6) is 0 Å². The lowest BCUT2D eigenvalue weighted by Gasteiger charge is -2.21. The summed E-state index contributed by atoms with van der Waals surface area (Å²) >= 11 is 0. The van der Waals surface area contributed by atoms with Crippen LogP contribution in [0.3, 0.4) is 0 Å². The van der Waals surface area contributed by atoms with Gasteiger partial charge in [-0.15, -0.1) is 0 Å². The van der Waals surface area contributed by atoms with E-state index in [0.29, 0.717) is 0 Å². The van der Waals surface area contributed by atoms with Gasteiger partial charge in [-0.3, -0.25) is 0 Å². The lowest BCUT2D eigenvalue weighted by molar-refractivity contribution is 0.897. The Labute approximate surface area is 172 Å². The lowest BCUT2D eigenvalue weighted by atomic mass is 9.89. The van der Waals surface area contributed by atoms with Gasteiger partial charge in [-0.2, -0.15) is 0 Å². The summed E-state index contributed by atoms with van der Waals surface area (Å²) < 4.78 is 0. The number of hydrogen-bond donors (Lipinski definition) is 0. The van der Waals surface area contributed by atoms with Crippen LogP contribution in [0.2, 0.25) is 19.1 Å². The molecule has 0 nitrogen and oxygen atoms in total. The monoisotopic (exact) mass is 386 g/mol. The van der Waals surface area contributed by atoms with E-state index in [9.17, 15) is 0 Å². The third-order valence-electron chi connectivity index (χ3n) is 5.67. The number of allylic oxidation sites excluding steroid dienone is 5. The third kappa shape index (κ3) is 4.64. The minimum Gasteiger partial charge on any atom is -0.0807 e. The molecule has 0 unspecified atom stereocenters. The van der Waals surface area contributed by atoms with Crippen LogP contribution in [0, 0.1) is 0 Å². The maximum Gasteiger partial charge on any atom is 0.0857 e. The number of unbranched alkanes of at least 4 members (excludes halogenated alkanes) is 1. The van der Waals surface area contributed by atoms with Crippen molar-refractivity contribution in [3.63, 3.8) is 0 Å². The van der Waals surface area contributed by atoms with Crippen molar-refractivity contribution in [1.82, 2.24) is 0 Å². The van der Waals surface area contributed by atoms with Gasteiger partial charge in [0.05, 0.1) is 8.07 Å². The maximum absolute atomic E-state index is 2.54. The summed E-state index contributed by atoms with van der Waals surface area (Å²) in [5, 5.41) is 1.60. The molecule has 0 saturated carbocycles. The van der Waals surface area contributed by atoms with E-state index in [2.05, 4.69) is 99.8 Å². The van der Waals surface area contributed by atoms with Gasteiger partial charge >= 0.3 is 0 Å². The highest BCUT2D eigenvalue weighted by Gasteiger charge is 2.34. The Hall–Kier alpha value is -2.12. The molecule has 2 aromatic rings. The molecule has 3 rings (SSSR count). The number of rotatable bonds is 7. The van der Waals surface area contributed by atoms with E-state index in [1.807, 2.05) is 0 Å². The van der Waals surface area contributed by atoms with Crippen LogP contribution in [-0.4, -0.2) is 8.07 Å². The Morgan fingerprint density at radius 1 is 0.893 bits per heavy atom. The van der Waals surface area contributed by atoms with Crippen molar-refractivity contribution in [3.8, 4) is 0 Å². The molecule has 0 aliphatic carbocycles. The Balaban J connectivity index is 2.19. The minimum atomic E-state index is -1.49. The topological polar surface area (TPSA) is 0 Å². The fourth-order valence-corrected chi connectivity index (χ4v) is 7.28. The molecule has 0 saturated heterocycles. The molecule has 1 heterocycles. The van der Waals surface area contributed by atoms with Gasteiger partial charge < -0.3 is 0 Å². The summed E-state index contributed by atoms with van der Waals surface area (Å²) in [5.41, 5.74) is 7.39. The van der Waals surface area contributed by atoms with E-state index in [1.54, 1.807) is 16.3 Å². The normalized spacial score (nSPS) is 18.1. The van der Waals surface area contributed by atoms with Crippen molar-refractivity contribution >= 4 is 18.8 Å². The molecule has 0 bridgehead atoms. The molecule has 0 amide bonds. The van der Waals surface area contributed by atoms with Gasteiger partial charge in [-0.25, -0.2) is 0 Å². The van der Waals surface area contributed by atoms with Gasteiger partial charge in [0.2, 0.25) is 0 Å². The summed E-state index contributed by atoms with van der Waals surface area (Å²) in [6, 6.07) is 23.3. The van der Waals surface area contributed by atoms with Crippen molar-refractivity contribution in [2.45, 2.75) is 58.7 Å². The van der Waals surface area contributed by atoms with Gasteiger partial charge in [0.1, 0.15) is 0 Å². The molecular weight excluding hydrogens is 352 g/mol. The highest BCUT2D eigenvalue weighted by molar-refractivity contribution is 6.96. The lowest BCUT2D eigenvalue weighted by Crippen LogP contribution is -2.24. The SMILES string of the molecule is CCC/C=C(CCC)/C(=C1\C=C(c2ccccc2)[Si](C)(C)C1)c1ccccc1. The Morgan fingerprint density at radius 2 is 1.54 bits per heavy atom. The highest BCUT2D eigenvalue weighted by Crippen LogP contribution is 2.44. The molecule has 0 fully saturated rings. The van der Waals surface area contributed by atoms with Gasteiger partial charge in [0.15, 0.2) is 0 Å². The predicted molar refractivity (Wildman–Crippen MR) is 128 cm³/mol. The Morgan fingerprint density at radius 3 is 2.14 bits per heavy atom. The summed E-state index contributed by atoms with van der Waals surface area (Å²) in [6.45, 7) is 9.62. The molecule has 1 heteroatoms. The molecule has 0 radical (unpaired) electrons. The zero-order valence-electron chi connectivity index (χ0n) is 18.0. The van der Waals surface area contributed by atoms with Crippen LogP contribution in [0.15, 0.2) is 84.0 Å². The average molecular weight is 387 g/mol. The summed E-state index contributed by atoms with van der Waals surface area (Å²) in [4.78, 5) is 0. The van der Waals surface area contributed by atoms with E-state index in [1.165, 1.54) is 35.6 Å². The van der Waals surface area contributed by atoms with Crippen LogP contribution in [0.25, 0.3) is 10.8 Å². The fourth-order valence-electron chi connectivity index (χ4n) is 4.34. The van der Waals surface area contributed by atoms with Crippen LogP contribution in [0.1, 0.15) is 50.7 Å². The molecule has 1 aliphatic heterocycles. The van der Waals surface area contributed by atoms with E-state index in [4.69, 9.17) is 0 Å². The molecule has 2 aromatic carbocycles. The third-order valence-corrected chi connectivity index (χ3v) is 8.82. The highest BCUT2D eigenvalue weighted by atomic mass is 28.3. The first-order valence-electron chi connectivity index (χ1n) is 10.8. The van der Waals surface area contributed by atoms with Gasteiger partial charge in [0, 0.05) is 0 Å². The zero-order chi connectivity index (χ0) is 20.0. The second-order valence-corrected chi connectivity index (χ2v) is 13.2. The molecular formula is C27H34Si. The average Bonchev–Trinajstić information content (AvgIpc) is 3.02. The molecule has 0 aromatic heterocycles. The zero-order valence-corrected chi connectivity index (χ0v) is 19.0. The molecule has 146 valence electrons. The summed E-state index contributed by atoms with van der Waals surface area (Å²) in [6.07, 6.45) is 9.76. The Bertz CT molecular complexity index is 867. The first kappa shape index (κ1) is 20.6. The quantitative estimate of drug-likeness (QED) is 0.420. The van der Waals surface area contributed by atoms with Crippen LogP contribution >= 0.6 is 0 Å². The molecule has 0 N–H and O–H groups in total. The van der Waals surface area contributed by atoms with Crippen molar-refractivity contribution in [2.24, 2.45) is 0 Å². The largest absolute Gasteiger partial charge is 0.0857 e. The van der Waals surface area contributed by atoms with Gasteiger partial charge in [-0.05, 0) is 46.7 Å². The molecule has 28 heavy (non-hydrogen) atoms. The Kier molecular flexibility index (Phi) is 6.91. The van der Waals surface area contributed by atoms with Gasteiger partial charge in [-0.1, -0.05) is 118 Å². The standard InChI is InChI=1S/C27H34Si/c1-5-7-15-23(14-6-2)27(24-18-12-9-13-19-24)25-20-26(28(3,4)21-25)22-16-10-8-11-17-22/h8-13,15-20H,5-7,14,21H2,1-4H3/b23-15+,27-25-. The van der Waals surface area contributed by atoms with Crippen LogP contribution < -0.4 is 0 Å². The van der Waals surface area contributed by atoms with E-state index in [-0.39, 0.29) is 0 Å².